The van der Waals surface area contributed by atoms with Crippen LogP contribution in [0.1, 0.15) is 25.5 Å². The number of rotatable bonds is 1. The molecular weight excluding hydrogens is 174 g/mol. The average Bonchev–Trinajstić information content (AvgIpc) is 2.16. The molecule has 0 aromatic carbocycles. The van der Waals surface area contributed by atoms with E-state index < -0.39 is 0 Å². The summed E-state index contributed by atoms with van der Waals surface area (Å²) in [6, 6.07) is 5.76. The summed E-state index contributed by atoms with van der Waals surface area (Å²) in [6.45, 7) is 4.21. The third-order valence-corrected chi connectivity index (χ3v) is 2.20. The zero-order chi connectivity index (χ0) is 10.1. The number of anilines is 1. The van der Waals surface area contributed by atoms with Crippen LogP contribution in [0.3, 0.4) is 0 Å². The third kappa shape index (κ3) is 1.41. The largest absolute Gasteiger partial charge is 0.384 e. The molecule has 0 unspecified atom stereocenters. The third-order valence-electron chi connectivity index (χ3n) is 2.20. The molecule has 0 aliphatic rings. The second-order valence-electron chi connectivity index (χ2n) is 3.66. The Bertz CT molecular complexity index is 463. The summed E-state index contributed by atoms with van der Waals surface area (Å²) in [5.41, 5.74) is 7.65. The molecule has 2 aromatic rings. The van der Waals surface area contributed by atoms with Crippen LogP contribution >= 0.6 is 0 Å². The first kappa shape index (κ1) is 8.94. The van der Waals surface area contributed by atoms with Crippen LogP contribution in [0.4, 0.5) is 5.82 Å². The van der Waals surface area contributed by atoms with Gasteiger partial charge in [-0.3, -0.25) is 4.98 Å². The topological polar surface area (TPSA) is 51.8 Å². The fraction of sp³-hybridized carbons (Fsp3) is 0.273. The molecule has 0 radical (unpaired) electrons. The van der Waals surface area contributed by atoms with Crippen molar-refractivity contribution in [2.45, 2.75) is 19.8 Å². The molecule has 0 spiro atoms. The summed E-state index contributed by atoms with van der Waals surface area (Å²) < 4.78 is 0. The Morgan fingerprint density at radius 3 is 2.86 bits per heavy atom. The van der Waals surface area contributed by atoms with Crippen molar-refractivity contribution in [2.75, 3.05) is 5.73 Å². The molecule has 0 bridgehead atoms. The molecule has 3 nitrogen and oxygen atoms in total. The molecule has 0 fully saturated rings. The fourth-order valence-corrected chi connectivity index (χ4v) is 1.56. The summed E-state index contributed by atoms with van der Waals surface area (Å²) in [6.07, 6.45) is 1.77. The molecule has 0 aliphatic carbocycles. The van der Waals surface area contributed by atoms with E-state index in [0.29, 0.717) is 11.7 Å². The molecule has 72 valence electrons. The highest BCUT2D eigenvalue weighted by Crippen LogP contribution is 2.23. The monoisotopic (exact) mass is 187 g/mol. The van der Waals surface area contributed by atoms with E-state index in [2.05, 4.69) is 23.8 Å². The van der Waals surface area contributed by atoms with Gasteiger partial charge in [-0.15, -0.1) is 0 Å². The minimum absolute atomic E-state index is 0.366. The number of nitrogens with zero attached hydrogens (tertiary/aromatic N) is 2. The zero-order valence-electron chi connectivity index (χ0n) is 8.36. The van der Waals surface area contributed by atoms with Crippen LogP contribution in [-0.2, 0) is 0 Å². The zero-order valence-corrected chi connectivity index (χ0v) is 8.36. The molecule has 0 amide bonds. The number of fused-ring (bicyclic) bond motifs is 1. The molecule has 0 saturated carbocycles. The van der Waals surface area contributed by atoms with E-state index in [1.165, 1.54) is 0 Å². The number of hydrogen-bond donors (Lipinski definition) is 1. The van der Waals surface area contributed by atoms with Crippen molar-refractivity contribution in [1.29, 1.82) is 0 Å². The Labute approximate surface area is 83.0 Å². The fourth-order valence-electron chi connectivity index (χ4n) is 1.56. The minimum Gasteiger partial charge on any atom is -0.384 e. The van der Waals surface area contributed by atoms with Gasteiger partial charge < -0.3 is 5.73 Å². The summed E-state index contributed by atoms with van der Waals surface area (Å²) in [5, 5.41) is 1.09. The van der Waals surface area contributed by atoms with Crippen LogP contribution in [0.15, 0.2) is 24.4 Å². The van der Waals surface area contributed by atoms with Crippen molar-refractivity contribution >= 4 is 16.7 Å². The van der Waals surface area contributed by atoms with Gasteiger partial charge >= 0.3 is 0 Å². The first-order chi connectivity index (χ1) is 6.68. The van der Waals surface area contributed by atoms with Crippen LogP contribution in [0, 0.1) is 0 Å². The summed E-state index contributed by atoms with van der Waals surface area (Å²) in [4.78, 5) is 8.60. The van der Waals surface area contributed by atoms with E-state index >= 15 is 0 Å². The molecular formula is C11H13N3. The molecule has 0 saturated heterocycles. The van der Waals surface area contributed by atoms with Gasteiger partial charge in [0, 0.05) is 17.6 Å². The second kappa shape index (κ2) is 3.25. The Morgan fingerprint density at radius 2 is 2.14 bits per heavy atom. The van der Waals surface area contributed by atoms with E-state index in [-0.39, 0.29) is 0 Å². The van der Waals surface area contributed by atoms with Gasteiger partial charge in [-0.1, -0.05) is 13.8 Å². The molecule has 2 heterocycles. The summed E-state index contributed by atoms with van der Waals surface area (Å²) in [5.74, 6) is 0.908. The normalized spacial score (nSPS) is 11.1. The number of aromatic nitrogens is 2. The predicted octanol–water partition coefficient (Wildman–Crippen LogP) is 2.34. The highest BCUT2D eigenvalue weighted by molar-refractivity contribution is 5.83. The highest BCUT2D eigenvalue weighted by Gasteiger charge is 2.08. The van der Waals surface area contributed by atoms with Crippen LogP contribution < -0.4 is 5.73 Å². The lowest BCUT2D eigenvalue weighted by atomic mass is 10.0. The van der Waals surface area contributed by atoms with E-state index in [4.69, 9.17) is 5.73 Å². The molecule has 2 rings (SSSR count). The van der Waals surface area contributed by atoms with Gasteiger partial charge in [0.1, 0.15) is 5.82 Å². The Balaban J connectivity index is 2.80. The second-order valence-corrected chi connectivity index (χ2v) is 3.66. The van der Waals surface area contributed by atoms with Gasteiger partial charge in [0.15, 0.2) is 0 Å². The maximum atomic E-state index is 5.71. The smallest absolute Gasteiger partial charge is 0.125 e. The van der Waals surface area contributed by atoms with Crippen molar-refractivity contribution in [3.63, 3.8) is 0 Å². The van der Waals surface area contributed by atoms with E-state index in [1.54, 1.807) is 12.3 Å². The standard InChI is InChI=1S/C11H13N3/c1-7(2)11-8-4-3-5-13-9(8)6-10(12)14-11/h3-7H,1-2H3,(H2,12,14). The average molecular weight is 187 g/mol. The van der Waals surface area contributed by atoms with Crippen molar-refractivity contribution < 1.29 is 0 Å². The van der Waals surface area contributed by atoms with Crippen molar-refractivity contribution in [1.82, 2.24) is 9.97 Å². The van der Waals surface area contributed by atoms with E-state index in [1.807, 2.05) is 12.1 Å². The Hall–Kier alpha value is -1.64. The quantitative estimate of drug-likeness (QED) is 0.745. The lowest BCUT2D eigenvalue weighted by Crippen LogP contribution is -1.99. The molecule has 2 N–H and O–H groups in total. The van der Waals surface area contributed by atoms with E-state index in [0.717, 1.165) is 16.6 Å². The lowest BCUT2D eigenvalue weighted by Gasteiger charge is -2.08. The van der Waals surface area contributed by atoms with Crippen LogP contribution in [0.2, 0.25) is 0 Å². The molecule has 3 heteroatoms. The van der Waals surface area contributed by atoms with Gasteiger partial charge in [0.2, 0.25) is 0 Å². The molecule has 2 aromatic heterocycles. The number of nitrogens with two attached hydrogens (primary N) is 1. The van der Waals surface area contributed by atoms with Crippen LogP contribution in [0.5, 0.6) is 0 Å². The van der Waals surface area contributed by atoms with Gasteiger partial charge in [-0.25, -0.2) is 4.98 Å². The predicted molar refractivity (Wildman–Crippen MR) is 58.0 cm³/mol. The number of nitrogen functional groups attached to an aromatic ring is 1. The van der Waals surface area contributed by atoms with Crippen molar-refractivity contribution in [3.8, 4) is 0 Å². The minimum atomic E-state index is 0.366. The Morgan fingerprint density at radius 1 is 1.36 bits per heavy atom. The number of pyridine rings is 2. The maximum absolute atomic E-state index is 5.71. The van der Waals surface area contributed by atoms with Gasteiger partial charge in [0.05, 0.1) is 11.2 Å². The number of hydrogen-bond acceptors (Lipinski definition) is 3. The first-order valence-corrected chi connectivity index (χ1v) is 4.69. The van der Waals surface area contributed by atoms with Crippen LogP contribution in [-0.4, -0.2) is 9.97 Å². The first-order valence-electron chi connectivity index (χ1n) is 4.69. The SMILES string of the molecule is CC(C)c1nc(N)cc2ncccc12. The highest BCUT2D eigenvalue weighted by atomic mass is 14.9. The molecule has 0 atom stereocenters. The molecule has 0 aliphatic heterocycles. The van der Waals surface area contributed by atoms with Gasteiger partial charge in [-0.05, 0) is 18.1 Å². The van der Waals surface area contributed by atoms with Crippen LogP contribution in [0.25, 0.3) is 10.9 Å². The maximum Gasteiger partial charge on any atom is 0.125 e. The Kier molecular flexibility index (Phi) is 2.08. The lowest BCUT2D eigenvalue weighted by molar-refractivity contribution is 0.836. The van der Waals surface area contributed by atoms with Gasteiger partial charge in [0.25, 0.3) is 0 Å². The van der Waals surface area contributed by atoms with Crippen molar-refractivity contribution in [2.24, 2.45) is 0 Å². The van der Waals surface area contributed by atoms with Crippen molar-refractivity contribution in [3.05, 3.63) is 30.1 Å². The summed E-state index contributed by atoms with van der Waals surface area (Å²) >= 11 is 0. The van der Waals surface area contributed by atoms with Gasteiger partial charge in [-0.2, -0.15) is 0 Å². The molecule has 14 heavy (non-hydrogen) atoms. The van der Waals surface area contributed by atoms with E-state index in [9.17, 15) is 0 Å². The summed E-state index contributed by atoms with van der Waals surface area (Å²) in [7, 11) is 0.